The molecule has 1 rings (SSSR count). The van der Waals surface area contributed by atoms with Gasteiger partial charge < -0.3 is 20.2 Å². The van der Waals surface area contributed by atoms with Gasteiger partial charge in [0.25, 0.3) is 0 Å². The number of carboxylic acid groups (broad SMARTS) is 1. The van der Waals surface area contributed by atoms with Gasteiger partial charge in [-0.3, -0.25) is 4.79 Å². The summed E-state index contributed by atoms with van der Waals surface area (Å²) in [5.74, 6) is -0.944. The number of likely N-dealkylation sites (N-methyl/N-ethyl adjacent to an activating group) is 2. The molecule has 1 unspecified atom stereocenters. The molecule has 0 aliphatic heterocycles. The lowest BCUT2D eigenvalue weighted by atomic mass is 10.0. The zero-order valence-electron chi connectivity index (χ0n) is 12.7. The fourth-order valence-corrected chi connectivity index (χ4v) is 1.82. The van der Waals surface area contributed by atoms with E-state index in [1.807, 2.05) is 49.3 Å². The second-order valence-electron chi connectivity index (χ2n) is 5.24. The van der Waals surface area contributed by atoms with Crippen LogP contribution >= 0.6 is 0 Å². The van der Waals surface area contributed by atoms with Gasteiger partial charge in [-0.25, -0.2) is 4.79 Å². The van der Waals surface area contributed by atoms with E-state index in [4.69, 9.17) is 5.11 Å². The summed E-state index contributed by atoms with van der Waals surface area (Å²) in [6.45, 7) is 1.33. The largest absolute Gasteiger partial charge is 0.481 e. The average Bonchev–Trinajstić information content (AvgIpc) is 2.44. The Labute approximate surface area is 125 Å². The van der Waals surface area contributed by atoms with Gasteiger partial charge in [-0.05, 0) is 19.7 Å². The molecule has 6 heteroatoms. The molecule has 0 radical (unpaired) electrons. The number of rotatable bonds is 7. The highest BCUT2D eigenvalue weighted by Gasteiger charge is 2.19. The summed E-state index contributed by atoms with van der Waals surface area (Å²) in [6.07, 6.45) is -0.142. The molecule has 0 fully saturated rings. The molecule has 2 N–H and O–H groups in total. The van der Waals surface area contributed by atoms with Crippen molar-refractivity contribution in [1.82, 2.24) is 15.1 Å². The molecule has 1 atom stereocenters. The van der Waals surface area contributed by atoms with E-state index in [-0.39, 0.29) is 12.5 Å². The zero-order valence-corrected chi connectivity index (χ0v) is 12.7. The van der Waals surface area contributed by atoms with Crippen LogP contribution < -0.4 is 5.32 Å². The van der Waals surface area contributed by atoms with Crippen molar-refractivity contribution in [3.63, 3.8) is 0 Å². The summed E-state index contributed by atoms with van der Waals surface area (Å²) in [5.41, 5.74) is 0.786. The first-order chi connectivity index (χ1) is 9.90. The van der Waals surface area contributed by atoms with E-state index < -0.39 is 12.0 Å². The first kappa shape index (κ1) is 17.0. The van der Waals surface area contributed by atoms with Crippen LogP contribution in [0.15, 0.2) is 30.3 Å². The van der Waals surface area contributed by atoms with Gasteiger partial charge in [0, 0.05) is 20.1 Å². The van der Waals surface area contributed by atoms with Crippen LogP contribution in [0.5, 0.6) is 0 Å². The normalized spacial score (nSPS) is 12.0. The third-order valence-electron chi connectivity index (χ3n) is 3.11. The van der Waals surface area contributed by atoms with Crippen LogP contribution in [0.1, 0.15) is 18.0 Å². The predicted octanol–water partition coefficient (Wildman–Crippen LogP) is 1.41. The van der Waals surface area contributed by atoms with E-state index in [0.717, 1.165) is 12.1 Å². The number of nitrogens with zero attached hydrogens (tertiary/aromatic N) is 2. The molecule has 21 heavy (non-hydrogen) atoms. The summed E-state index contributed by atoms with van der Waals surface area (Å²) < 4.78 is 0. The lowest BCUT2D eigenvalue weighted by Crippen LogP contribution is -2.42. The molecule has 0 aromatic heterocycles. The Hall–Kier alpha value is -2.08. The highest BCUT2D eigenvalue weighted by atomic mass is 16.4. The van der Waals surface area contributed by atoms with Crippen molar-refractivity contribution < 1.29 is 14.7 Å². The van der Waals surface area contributed by atoms with Crippen LogP contribution in [0.25, 0.3) is 0 Å². The first-order valence-corrected chi connectivity index (χ1v) is 6.83. The Balaban J connectivity index is 2.68. The number of hydrogen-bond acceptors (Lipinski definition) is 3. The minimum absolute atomic E-state index is 0.142. The van der Waals surface area contributed by atoms with Gasteiger partial charge in [-0.1, -0.05) is 30.3 Å². The summed E-state index contributed by atoms with van der Waals surface area (Å²) >= 11 is 0. The highest BCUT2D eigenvalue weighted by molar-refractivity contribution is 5.76. The van der Waals surface area contributed by atoms with E-state index >= 15 is 0 Å². The third-order valence-corrected chi connectivity index (χ3v) is 3.11. The molecule has 0 heterocycles. The van der Waals surface area contributed by atoms with E-state index in [1.165, 1.54) is 0 Å². The van der Waals surface area contributed by atoms with E-state index in [1.54, 1.807) is 11.9 Å². The van der Waals surface area contributed by atoms with Crippen LogP contribution in [0, 0.1) is 0 Å². The van der Waals surface area contributed by atoms with Crippen LogP contribution in [0.3, 0.4) is 0 Å². The van der Waals surface area contributed by atoms with Crippen molar-refractivity contribution in [2.45, 2.75) is 12.5 Å². The second kappa shape index (κ2) is 8.26. The Morgan fingerprint density at radius 2 is 1.76 bits per heavy atom. The van der Waals surface area contributed by atoms with Gasteiger partial charge in [-0.2, -0.15) is 0 Å². The van der Waals surface area contributed by atoms with Crippen molar-refractivity contribution >= 4 is 12.0 Å². The molecule has 1 aromatic rings. The van der Waals surface area contributed by atoms with E-state index in [2.05, 4.69) is 5.32 Å². The SMILES string of the molecule is CN(C)CCN(C)C(=O)NC(CC(=O)O)c1ccccc1. The van der Waals surface area contributed by atoms with Crippen molar-refractivity contribution in [3.8, 4) is 0 Å². The lowest BCUT2D eigenvalue weighted by molar-refractivity contribution is -0.137. The number of carbonyl (C=O) groups is 2. The van der Waals surface area contributed by atoms with Crippen LogP contribution in [0.4, 0.5) is 4.79 Å². The topological polar surface area (TPSA) is 72.9 Å². The molecule has 0 saturated carbocycles. The number of aliphatic carboxylic acids is 1. The van der Waals surface area contributed by atoms with Gasteiger partial charge in [0.15, 0.2) is 0 Å². The Bertz CT molecular complexity index is 462. The molecule has 116 valence electrons. The maximum absolute atomic E-state index is 12.1. The molecule has 0 aliphatic carbocycles. The summed E-state index contributed by atoms with van der Waals surface area (Å²) in [5, 5.41) is 11.8. The van der Waals surface area contributed by atoms with Crippen LogP contribution in [-0.2, 0) is 4.79 Å². The maximum atomic E-state index is 12.1. The number of carbonyl (C=O) groups excluding carboxylic acids is 1. The molecule has 2 amide bonds. The Kier molecular flexibility index (Phi) is 6.68. The molecule has 0 aliphatic rings. The number of carboxylic acids is 1. The summed E-state index contributed by atoms with van der Waals surface area (Å²) in [4.78, 5) is 26.6. The van der Waals surface area contributed by atoms with Gasteiger partial charge >= 0.3 is 12.0 Å². The quantitative estimate of drug-likeness (QED) is 0.797. The molecule has 0 saturated heterocycles. The van der Waals surface area contributed by atoms with Gasteiger partial charge in [0.05, 0.1) is 12.5 Å². The molecule has 0 spiro atoms. The number of amides is 2. The standard InChI is InChI=1S/C15H23N3O3/c1-17(2)9-10-18(3)15(21)16-13(11-14(19)20)12-7-5-4-6-8-12/h4-8,13H,9-11H2,1-3H3,(H,16,21)(H,19,20). The molecule has 0 bridgehead atoms. The lowest BCUT2D eigenvalue weighted by Gasteiger charge is -2.24. The van der Waals surface area contributed by atoms with E-state index in [0.29, 0.717) is 6.54 Å². The van der Waals surface area contributed by atoms with E-state index in [9.17, 15) is 9.59 Å². The van der Waals surface area contributed by atoms with Gasteiger partial charge in [-0.15, -0.1) is 0 Å². The van der Waals surface area contributed by atoms with Gasteiger partial charge in [0.2, 0.25) is 0 Å². The van der Waals surface area contributed by atoms with Gasteiger partial charge in [0.1, 0.15) is 0 Å². The molecule has 1 aromatic carbocycles. The number of hydrogen-bond donors (Lipinski definition) is 2. The number of urea groups is 1. The summed E-state index contributed by atoms with van der Waals surface area (Å²) in [6, 6.07) is 8.33. The summed E-state index contributed by atoms with van der Waals surface area (Å²) in [7, 11) is 5.56. The molecular formula is C15H23N3O3. The molecule has 6 nitrogen and oxygen atoms in total. The predicted molar refractivity (Wildman–Crippen MR) is 81.2 cm³/mol. The second-order valence-corrected chi connectivity index (χ2v) is 5.24. The van der Waals surface area contributed by atoms with Crippen molar-refractivity contribution in [2.24, 2.45) is 0 Å². The third kappa shape index (κ3) is 6.27. The Morgan fingerprint density at radius 3 is 2.29 bits per heavy atom. The fourth-order valence-electron chi connectivity index (χ4n) is 1.82. The molecular weight excluding hydrogens is 270 g/mol. The first-order valence-electron chi connectivity index (χ1n) is 6.83. The van der Waals surface area contributed by atoms with Crippen LogP contribution in [0.2, 0.25) is 0 Å². The zero-order chi connectivity index (χ0) is 15.8. The Morgan fingerprint density at radius 1 is 1.14 bits per heavy atom. The highest BCUT2D eigenvalue weighted by Crippen LogP contribution is 2.16. The maximum Gasteiger partial charge on any atom is 0.317 e. The monoisotopic (exact) mass is 293 g/mol. The number of benzene rings is 1. The average molecular weight is 293 g/mol. The van der Waals surface area contributed by atoms with Crippen molar-refractivity contribution in [3.05, 3.63) is 35.9 Å². The van der Waals surface area contributed by atoms with Crippen molar-refractivity contribution in [2.75, 3.05) is 34.2 Å². The minimum atomic E-state index is -0.944. The number of nitrogens with one attached hydrogen (secondary N) is 1. The smallest absolute Gasteiger partial charge is 0.317 e. The van der Waals surface area contributed by atoms with Crippen LogP contribution in [-0.4, -0.2) is 61.1 Å². The van der Waals surface area contributed by atoms with Crippen molar-refractivity contribution in [1.29, 1.82) is 0 Å². The minimum Gasteiger partial charge on any atom is -0.481 e. The fraction of sp³-hybridized carbons (Fsp3) is 0.467.